The topological polar surface area (TPSA) is 58.4 Å². The number of carbonyl (C=O) groups excluding carboxylic acids is 2. The van der Waals surface area contributed by atoms with Gasteiger partial charge in [-0.25, -0.2) is 4.98 Å². The summed E-state index contributed by atoms with van der Waals surface area (Å²) < 4.78 is 2.02. The summed E-state index contributed by atoms with van der Waals surface area (Å²) in [6, 6.07) is 14.0. The molecule has 0 unspecified atom stereocenters. The zero-order valence-electron chi connectivity index (χ0n) is 18.8. The average molecular weight is 419 g/mol. The lowest BCUT2D eigenvalue weighted by molar-refractivity contribution is -0.131. The first-order valence-corrected chi connectivity index (χ1v) is 11.0. The number of hydrogen-bond donors (Lipinski definition) is 0. The van der Waals surface area contributed by atoms with Crippen molar-refractivity contribution in [1.29, 1.82) is 0 Å². The Kier molecular flexibility index (Phi) is 5.81. The molecule has 1 fully saturated rings. The van der Waals surface area contributed by atoms with E-state index in [4.69, 9.17) is 4.98 Å². The van der Waals surface area contributed by atoms with E-state index in [1.807, 2.05) is 84.5 Å². The van der Waals surface area contributed by atoms with Crippen molar-refractivity contribution in [2.24, 2.45) is 0 Å². The van der Waals surface area contributed by atoms with Gasteiger partial charge in [0.25, 0.3) is 0 Å². The smallest absolute Gasteiger partial charge is 0.242 e. The molecule has 0 radical (unpaired) electrons. The second kappa shape index (κ2) is 8.53. The number of para-hydroxylation sites is 3. The van der Waals surface area contributed by atoms with Gasteiger partial charge in [-0.1, -0.05) is 30.3 Å². The lowest BCUT2D eigenvalue weighted by Crippen LogP contribution is -2.34. The number of nitrogens with zero attached hydrogens (tertiary/aromatic N) is 4. The summed E-state index contributed by atoms with van der Waals surface area (Å²) in [4.78, 5) is 34.6. The van der Waals surface area contributed by atoms with Crippen LogP contribution in [-0.2, 0) is 16.1 Å². The monoisotopic (exact) mass is 418 g/mol. The molecule has 4 rings (SSSR count). The second-order valence-corrected chi connectivity index (χ2v) is 8.26. The third-order valence-electron chi connectivity index (χ3n) is 6.29. The van der Waals surface area contributed by atoms with Gasteiger partial charge in [-0.3, -0.25) is 9.59 Å². The number of carbonyl (C=O) groups is 2. The zero-order valence-corrected chi connectivity index (χ0v) is 18.8. The van der Waals surface area contributed by atoms with Gasteiger partial charge in [-0.15, -0.1) is 0 Å². The largest absolute Gasteiger partial charge is 0.342 e. The number of hydrogen-bond acceptors (Lipinski definition) is 3. The number of anilines is 1. The summed E-state index contributed by atoms with van der Waals surface area (Å²) in [5, 5.41) is 0. The Balaban J connectivity index is 1.71. The van der Waals surface area contributed by atoms with Crippen molar-refractivity contribution < 1.29 is 9.59 Å². The van der Waals surface area contributed by atoms with Gasteiger partial charge in [0.15, 0.2) is 0 Å². The maximum absolute atomic E-state index is 13.0. The summed E-state index contributed by atoms with van der Waals surface area (Å²) >= 11 is 0. The first kappa shape index (κ1) is 21.1. The normalized spacial score (nSPS) is 16.3. The van der Waals surface area contributed by atoms with Crippen LogP contribution in [0.15, 0.2) is 42.5 Å². The highest BCUT2D eigenvalue weighted by molar-refractivity contribution is 5.98. The molecule has 1 aliphatic rings. The van der Waals surface area contributed by atoms with E-state index >= 15 is 0 Å². The lowest BCUT2D eigenvalue weighted by atomic mass is 10.1. The van der Waals surface area contributed by atoms with E-state index in [1.165, 1.54) is 0 Å². The van der Waals surface area contributed by atoms with E-state index in [0.717, 1.165) is 33.7 Å². The summed E-state index contributed by atoms with van der Waals surface area (Å²) in [6.45, 7) is 10.2. The molecule has 0 saturated carbocycles. The number of aryl methyl sites for hydroxylation is 2. The Morgan fingerprint density at radius 2 is 1.74 bits per heavy atom. The van der Waals surface area contributed by atoms with Gasteiger partial charge in [-0.05, 0) is 51.0 Å². The van der Waals surface area contributed by atoms with Gasteiger partial charge < -0.3 is 14.4 Å². The van der Waals surface area contributed by atoms with Crippen LogP contribution in [0.4, 0.5) is 5.69 Å². The van der Waals surface area contributed by atoms with Gasteiger partial charge in [-0.2, -0.15) is 0 Å². The molecule has 0 N–H and O–H groups in total. The van der Waals surface area contributed by atoms with Crippen LogP contribution in [0.2, 0.25) is 0 Å². The lowest BCUT2D eigenvalue weighted by Gasteiger charge is -2.22. The van der Waals surface area contributed by atoms with Crippen LogP contribution in [0, 0.1) is 13.8 Å². The quantitative estimate of drug-likeness (QED) is 0.607. The van der Waals surface area contributed by atoms with Crippen LogP contribution in [0.3, 0.4) is 0 Å². The van der Waals surface area contributed by atoms with E-state index in [0.29, 0.717) is 26.1 Å². The van der Waals surface area contributed by atoms with E-state index in [-0.39, 0.29) is 24.3 Å². The minimum absolute atomic E-state index is 0.0524. The molecule has 162 valence electrons. The van der Waals surface area contributed by atoms with Crippen LogP contribution in [-0.4, -0.2) is 45.9 Å². The van der Waals surface area contributed by atoms with Crippen LogP contribution >= 0.6 is 0 Å². The number of rotatable bonds is 6. The number of amides is 2. The minimum Gasteiger partial charge on any atom is -0.342 e. The van der Waals surface area contributed by atoms with Crippen molar-refractivity contribution in [1.82, 2.24) is 14.5 Å². The van der Waals surface area contributed by atoms with Crippen molar-refractivity contribution in [2.45, 2.75) is 46.6 Å². The Morgan fingerprint density at radius 3 is 2.42 bits per heavy atom. The van der Waals surface area contributed by atoms with E-state index < -0.39 is 0 Å². The van der Waals surface area contributed by atoms with Crippen molar-refractivity contribution in [3.8, 4) is 0 Å². The molecule has 6 nitrogen and oxygen atoms in total. The number of imidazole rings is 1. The van der Waals surface area contributed by atoms with Crippen molar-refractivity contribution in [2.75, 3.05) is 24.5 Å². The fourth-order valence-corrected chi connectivity index (χ4v) is 4.71. The summed E-state index contributed by atoms with van der Waals surface area (Å²) in [7, 11) is 0. The third kappa shape index (κ3) is 3.82. The standard InChI is InChI=1S/C25H30N4O2/c1-5-27(6-2)23(31)16-28-21-13-8-7-12-20(21)26-25(28)19-14-22(30)29(15-19)24-17(3)10-9-11-18(24)4/h7-13,19H,5-6,14-16H2,1-4H3/t19-/m0/s1. The minimum atomic E-state index is -0.0524. The first-order chi connectivity index (χ1) is 14.9. The van der Waals surface area contributed by atoms with Gasteiger partial charge in [0.1, 0.15) is 12.4 Å². The van der Waals surface area contributed by atoms with Gasteiger partial charge in [0.05, 0.1) is 11.0 Å². The zero-order chi connectivity index (χ0) is 22.1. The van der Waals surface area contributed by atoms with Crippen LogP contribution < -0.4 is 4.90 Å². The molecule has 2 amide bonds. The molecule has 0 bridgehead atoms. The summed E-state index contributed by atoms with van der Waals surface area (Å²) in [6.07, 6.45) is 0.399. The summed E-state index contributed by atoms with van der Waals surface area (Å²) in [5.41, 5.74) is 4.99. The highest BCUT2D eigenvalue weighted by Gasteiger charge is 2.36. The molecular weight excluding hydrogens is 388 g/mol. The number of benzene rings is 2. The van der Waals surface area contributed by atoms with Crippen molar-refractivity contribution in [3.63, 3.8) is 0 Å². The Bertz CT molecular complexity index is 1110. The predicted molar refractivity (Wildman–Crippen MR) is 123 cm³/mol. The maximum Gasteiger partial charge on any atom is 0.242 e. The maximum atomic E-state index is 13.0. The third-order valence-corrected chi connectivity index (χ3v) is 6.29. The Labute approximate surface area is 183 Å². The Morgan fingerprint density at radius 1 is 1.06 bits per heavy atom. The van der Waals surface area contributed by atoms with E-state index in [1.54, 1.807) is 0 Å². The molecule has 1 saturated heterocycles. The van der Waals surface area contributed by atoms with Crippen LogP contribution in [0.5, 0.6) is 0 Å². The van der Waals surface area contributed by atoms with Crippen molar-refractivity contribution >= 4 is 28.5 Å². The number of aromatic nitrogens is 2. The van der Waals surface area contributed by atoms with Crippen LogP contribution in [0.1, 0.15) is 43.1 Å². The molecule has 6 heteroatoms. The molecule has 1 atom stereocenters. The fourth-order valence-electron chi connectivity index (χ4n) is 4.71. The van der Waals surface area contributed by atoms with Gasteiger partial charge >= 0.3 is 0 Å². The van der Waals surface area contributed by atoms with E-state index in [2.05, 4.69) is 0 Å². The molecular formula is C25H30N4O2. The summed E-state index contributed by atoms with van der Waals surface area (Å²) in [5.74, 6) is 0.952. The molecule has 1 aromatic heterocycles. The number of fused-ring (bicyclic) bond motifs is 1. The molecule has 2 aromatic carbocycles. The highest BCUT2D eigenvalue weighted by atomic mass is 16.2. The van der Waals surface area contributed by atoms with Gasteiger partial charge in [0.2, 0.25) is 11.8 Å². The van der Waals surface area contributed by atoms with E-state index in [9.17, 15) is 9.59 Å². The molecule has 1 aliphatic heterocycles. The Hall–Kier alpha value is -3.15. The average Bonchev–Trinajstić information content (AvgIpc) is 3.30. The molecule has 31 heavy (non-hydrogen) atoms. The van der Waals surface area contributed by atoms with Gasteiger partial charge in [0, 0.05) is 37.7 Å². The van der Waals surface area contributed by atoms with Crippen LogP contribution in [0.25, 0.3) is 11.0 Å². The predicted octanol–water partition coefficient (Wildman–Crippen LogP) is 4.04. The fraction of sp³-hybridized carbons (Fsp3) is 0.400. The molecule has 0 spiro atoms. The molecule has 3 aromatic rings. The molecule has 2 heterocycles. The second-order valence-electron chi connectivity index (χ2n) is 8.26. The molecule has 0 aliphatic carbocycles. The SMILES string of the molecule is CCN(CC)C(=O)Cn1c([C@H]2CC(=O)N(c3c(C)cccc3C)C2)nc2ccccc21. The number of likely N-dealkylation sites (N-methyl/N-ethyl adjacent to an activating group) is 1. The van der Waals surface area contributed by atoms with Crippen molar-refractivity contribution in [3.05, 3.63) is 59.4 Å². The first-order valence-electron chi connectivity index (χ1n) is 11.0. The highest BCUT2D eigenvalue weighted by Crippen LogP contribution is 2.36.